The highest BCUT2D eigenvalue weighted by atomic mass is 79.9. The van der Waals surface area contributed by atoms with Gasteiger partial charge in [-0.15, -0.1) is 12.4 Å². The average Bonchev–Trinajstić information content (AvgIpc) is 2.82. The standard InChI is InChI=1S/C13H17BrClNO.ClH/c1-8-5-11(12(14)9(2)13(8)15)17-7-10-3-4-16-6-10;/h5,10,16H,3-4,6-7H2,1-2H3;1H. The number of hydrogen-bond donors (Lipinski definition) is 1. The second-order valence-electron chi connectivity index (χ2n) is 4.61. The van der Waals surface area contributed by atoms with E-state index in [0.717, 1.165) is 46.1 Å². The molecule has 1 atom stereocenters. The van der Waals surface area contributed by atoms with Crippen molar-refractivity contribution in [3.8, 4) is 5.75 Å². The maximum atomic E-state index is 6.19. The molecule has 1 saturated heterocycles. The molecule has 0 radical (unpaired) electrons. The summed E-state index contributed by atoms with van der Waals surface area (Å²) in [5.74, 6) is 1.52. The van der Waals surface area contributed by atoms with E-state index >= 15 is 0 Å². The number of nitrogens with one attached hydrogen (secondary N) is 1. The van der Waals surface area contributed by atoms with Gasteiger partial charge in [-0.2, -0.15) is 0 Å². The molecule has 0 spiro atoms. The summed E-state index contributed by atoms with van der Waals surface area (Å²) in [5, 5.41) is 4.15. The predicted molar refractivity (Wildman–Crippen MR) is 82.3 cm³/mol. The van der Waals surface area contributed by atoms with Crippen molar-refractivity contribution in [2.75, 3.05) is 19.7 Å². The van der Waals surface area contributed by atoms with Crippen LogP contribution in [-0.2, 0) is 0 Å². The van der Waals surface area contributed by atoms with E-state index in [9.17, 15) is 0 Å². The Balaban J connectivity index is 0.00000162. The van der Waals surface area contributed by atoms with Crippen LogP contribution in [0.3, 0.4) is 0 Å². The molecule has 1 unspecified atom stereocenters. The van der Waals surface area contributed by atoms with Gasteiger partial charge in [-0.25, -0.2) is 0 Å². The molecule has 0 bridgehead atoms. The molecule has 1 N–H and O–H groups in total. The van der Waals surface area contributed by atoms with Gasteiger partial charge in [0.1, 0.15) is 5.75 Å². The number of halogens is 3. The lowest BCUT2D eigenvalue weighted by molar-refractivity contribution is 0.258. The van der Waals surface area contributed by atoms with Crippen LogP contribution in [0.5, 0.6) is 5.75 Å². The van der Waals surface area contributed by atoms with Crippen LogP contribution in [0.4, 0.5) is 0 Å². The zero-order chi connectivity index (χ0) is 12.4. The third-order valence-electron chi connectivity index (χ3n) is 3.21. The summed E-state index contributed by atoms with van der Waals surface area (Å²) in [6.07, 6.45) is 1.20. The lowest BCUT2D eigenvalue weighted by Gasteiger charge is -2.15. The maximum absolute atomic E-state index is 6.19. The Morgan fingerprint density at radius 2 is 2.22 bits per heavy atom. The Kier molecular flexibility index (Phi) is 6.25. The van der Waals surface area contributed by atoms with Crippen LogP contribution < -0.4 is 10.1 Å². The Labute approximate surface area is 128 Å². The van der Waals surface area contributed by atoms with Gasteiger partial charge in [0.05, 0.1) is 11.1 Å². The van der Waals surface area contributed by atoms with Gasteiger partial charge in [-0.05, 0) is 59.9 Å². The number of rotatable bonds is 3. The Morgan fingerprint density at radius 1 is 1.50 bits per heavy atom. The average molecular weight is 355 g/mol. The summed E-state index contributed by atoms with van der Waals surface area (Å²) in [6.45, 7) is 6.94. The second kappa shape index (κ2) is 6.99. The molecular weight excluding hydrogens is 337 g/mol. The minimum absolute atomic E-state index is 0. The molecule has 2 rings (SSSR count). The van der Waals surface area contributed by atoms with Crippen molar-refractivity contribution in [1.29, 1.82) is 0 Å². The summed E-state index contributed by atoms with van der Waals surface area (Å²) in [5.41, 5.74) is 2.11. The SMILES string of the molecule is Cc1cc(OCC2CCNC2)c(Br)c(C)c1Cl.Cl. The van der Waals surface area contributed by atoms with E-state index in [1.807, 2.05) is 19.9 Å². The van der Waals surface area contributed by atoms with Gasteiger partial charge in [-0.3, -0.25) is 0 Å². The predicted octanol–water partition coefficient (Wildman–Crippen LogP) is 4.13. The fourth-order valence-corrected chi connectivity index (χ4v) is 2.76. The number of hydrogen-bond acceptors (Lipinski definition) is 2. The molecule has 102 valence electrons. The molecule has 1 aromatic rings. The summed E-state index contributed by atoms with van der Waals surface area (Å²) in [4.78, 5) is 0. The molecule has 0 amide bonds. The van der Waals surface area contributed by atoms with E-state index in [-0.39, 0.29) is 12.4 Å². The molecule has 1 aliphatic heterocycles. The molecule has 0 aliphatic carbocycles. The van der Waals surface area contributed by atoms with Crippen LogP contribution in [0, 0.1) is 19.8 Å². The van der Waals surface area contributed by atoms with E-state index in [1.165, 1.54) is 6.42 Å². The van der Waals surface area contributed by atoms with E-state index in [2.05, 4.69) is 21.2 Å². The first-order valence-electron chi connectivity index (χ1n) is 5.88. The van der Waals surface area contributed by atoms with Crippen molar-refractivity contribution in [3.05, 3.63) is 26.7 Å². The number of benzene rings is 1. The highest BCUT2D eigenvalue weighted by Crippen LogP contribution is 2.36. The summed E-state index contributed by atoms with van der Waals surface area (Å²) < 4.78 is 6.86. The molecule has 2 nitrogen and oxygen atoms in total. The van der Waals surface area contributed by atoms with E-state index in [1.54, 1.807) is 0 Å². The number of aryl methyl sites for hydroxylation is 1. The molecule has 1 aromatic carbocycles. The quantitative estimate of drug-likeness (QED) is 0.881. The van der Waals surface area contributed by atoms with Crippen molar-refractivity contribution >= 4 is 39.9 Å². The second-order valence-corrected chi connectivity index (χ2v) is 5.79. The zero-order valence-electron chi connectivity index (χ0n) is 10.6. The van der Waals surface area contributed by atoms with E-state index in [4.69, 9.17) is 16.3 Å². The van der Waals surface area contributed by atoms with E-state index in [0.29, 0.717) is 5.92 Å². The van der Waals surface area contributed by atoms with Crippen LogP contribution in [0.2, 0.25) is 5.02 Å². The van der Waals surface area contributed by atoms with Crippen LogP contribution in [0.1, 0.15) is 17.5 Å². The lowest BCUT2D eigenvalue weighted by atomic mass is 10.1. The lowest BCUT2D eigenvalue weighted by Crippen LogP contribution is -2.15. The van der Waals surface area contributed by atoms with Gasteiger partial charge in [0.15, 0.2) is 0 Å². The molecule has 0 aromatic heterocycles. The molecular formula is C13H18BrCl2NO. The van der Waals surface area contributed by atoms with Gasteiger partial charge in [-0.1, -0.05) is 11.6 Å². The minimum Gasteiger partial charge on any atom is -0.492 e. The fourth-order valence-electron chi connectivity index (χ4n) is 2.07. The molecule has 5 heteroatoms. The fraction of sp³-hybridized carbons (Fsp3) is 0.538. The molecule has 1 heterocycles. The normalized spacial score (nSPS) is 18.6. The van der Waals surface area contributed by atoms with E-state index < -0.39 is 0 Å². The summed E-state index contributed by atoms with van der Waals surface area (Å²) in [6, 6.07) is 2.00. The molecule has 1 aliphatic rings. The molecule has 0 saturated carbocycles. The van der Waals surface area contributed by atoms with Gasteiger partial charge in [0.25, 0.3) is 0 Å². The highest BCUT2D eigenvalue weighted by Gasteiger charge is 2.17. The van der Waals surface area contributed by atoms with Crippen LogP contribution in [-0.4, -0.2) is 19.7 Å². The summed E-state index contributed by atoms with van der Waals surface area (Å²) >= 11 is 9.74. The topological polar surface area (TPSA) is 21.3 Å². The summed E-state index contributed by atoms with van der Waals surface area (Å²) in [7, 11) is 0. The van der Waals surface area contributed by atoms with Crippen LogP contribution in [0.25, 0.3) is 0 Å². The highest BCUT2D eigenvalue weighted by molar-refractivity contribution is 9.10. The Hall–Kier alpha value is 0.0400. The van der Waals surface area contributed by atoms with Crippen molar-refractivity contribution in [1.82, 2.24) is 5.32 Å². The molecule has 18 heavy (non-hydrogen) atoms. The van der Waals surface area contributed by atoms with Gasteiger partial charge in [0, 0.05) is 17.5 Å². The van der Waals surface area contributed by atoms with Crippen molar-refractivity contribution in [2.24, 2.45) is 5.92 Å². The number of ether oxygens (including phenoxy) is 1. The smallest absolute Gasteiger partial charge is 0.134 e. The van der Waals surface area contributed by atoms with Crippen molar-refractivity contribution in [2.45, 2.75) is 20.3 Å². The van der Waals surface area contributed by atoms with Crippen LogP contribution >= 0.6 is 39.9 Å². The largest absolute Gasteiger partial charge is 0.492 e. The Morgan fingerprint density at radius 3 is 2.83 bits per heavy atom. The van der Waals surface area contributed by atoms with Gasteiger partial charge < -0.3 is 10.1 Å². The zero-order valence-corrected chi connectivity index (χ0v) is 13.7. The first-order chi connectivity index (χ1) is 8.09. The first kappa shape index (κ1) is 16.1. The third-order valence-corrected chi connectivity index (χ3v) is 4.77. The maximum Gasteiger partial charge on any atom is 0.134 e. The first-order valence-corrected chi connectivity index (χ1v) is 7.05. The van der Waals surface area contributed by atoms with Crippen molar-refractivity contribution in [3.63, 3.8) is 0 Å². The van der Waals surface area contributed by atoms with Crippen molar-refractivity contribution < 1.29 is 4.74 Å². The van der Waals surface area contributed by atoms with Crippen LogP contribution in [0.15, 0.2) is 10.5 Å². The minimum atomic E-state index is 0. The monoisotopic (exact) mass is 353 g/mol. The van der Waals surface area contributed by atoms with Gasteiger partial charge in [0.2, 0.25) is 0 Å². The Bertz CT molecular complexity index is 420. The van der Waals surface area contributed by atoms with Gasteiger partial charge >= 0.3 is 0 Å². The third kappa shape index (κ3) is 3.53. The molecule has 1 fully saturated rings.